The largest absolute Gasteiger partial charge is 0.459 e. The van der Waals surface area contributed by atoms with E-state index in [2.05, 4.69) is 34.6 Å². The number of benzene rings is 1. The summed E-state index contributed by atoms with van der Waals surface area (Å²) in [5, 5.41) is 0. The highest BCUT2D eigenvalue weighted by atomic mass is 32.2. The molecule has 0 amide bonds. The summed E-state index contributed by atoms with van der Waals surface area (Å²) in [6, 6.07) is 9.42. The average Bonchev–Trinajstić information content (AvgIpc) is 2.68. The highest BCUT2D eigenvalue weighted by molar-refractivity contribution is 7.89. The number of nitrogens with zero attached hydrogens (tertiary/aromatic N) is 1. The third kappa shape index (κ3) is 6.20. The maximum atomic E-state index is 13.0. The summed E-state index contributed by atoms with van der Waals surface area (Å²) in [6.45, 7) is 1.96. The van der Waals surface area contributed by atoms with Crippen LogP contribution in [0.4, 0.5) is 0 Å². The molecular weight excluding hydrogens is 362 g/mol. The minimum absolute atomic E-state index is 0.0699. The summed E-state index contributed by atoms with van der Waals surface area (Å²) in [5.41, 5.74) is 1.94. The summed E-state index contributed by atoms with van der Waals surface area (Å²) in [6.07, 6.45) is 6.28. The van der Waals surface area contributed by atoms with Crippen molar-refractivity contribution in [2.24, 2.45) is 0 Å². The van der Waals surface area contributed by atoms with Gasteiger partial charge in [0.05, 0.1) is 18.6 Å². The number of hydrogen-bond donors (Lipinski definition) is 0. The van der Waals surface area contributed by atoms with Gasteiger partial charge in [0.2, 0.25) is 0 Å². The lowest BCUT2D eigenvalue weighted by Gasteiger charge is -2.17. The Kier molecular flexibility index (Phi) is 7.52. The highest BCUT2D eigenvalue weighted by Crippen LogP contribution is 2.18. The second kappa shape index (κ2) is 9.85. The molecule has 0 unspecified atom stereocenters. The molecule has 0 bridgehead atoms. The zero-order chi connectivity index (χ0) is 19.7. The topological polar surface area (TPSA) is 63.7 Å². The Bertz CT molecular complexity index is 922. The molecule has 0 heterocycles. The summed E-state index contributed by atoms with van der Waals surface area (Å²) in [5.74, 6) is 7.26. The number of rotatable bonds is 4. The van der Waals surface area contributed by atoms with Crippen LogP contribution in [-0.2, 0) is 19.6 Å². The molecule has 1 aromatic carbocycles. The number of sulfonamides is 1. The van der Waals surface area contributed by atoms with Crippen molar-refractivity contribution in [2.75, 3.05) is 13.7 Å². The molecule has 0 N–H and O–H groups in total. The van der Waals surface area contributed by atoms with Crippen LogP contribution >= 0.6 is 0 Å². The van der Waals surface area contributed by atoms with Crippen molar-refractivity contribution >= 4 is 16.0 Å². The molecule has 0 atom stereocenters. The van der Waals surface area contributed by atoms with Crippen molar-refractivity contribution in [3.63, 3.8) is 0 Å². The van der Waals surface area contributed by atoms with E-state index in [1.54, 1.807) is 24.3 Å². The van der Waals surface area contributed by atoms with Gasteiger partial charge in [0.15, 0.2) is 0 Å². The Morgan fingerprint density at radius 2 is 1.96 bits per heavy atom. The van der Waals surface area contributed by atoms with Crippen LogP contribution < -0.4 is 0 Å². The maximum Gasteiger partial charge on any atom is 0.384 e. The smallest absolute Gasteiger partial charge is 0.384 e. The second-order valence-corrected chi connectivity index (χ2v) is 8.01. The quantitative estimate of drug-likeness (QED) is 0.346. The van der Waals surface area contributed by atoms with E-state index < -0.39 is 16.0 Å². The zero-order valence-corrected chi connectivity index (χ0v) is 16.4. The first-order valence-electron chi connectivity index (χ1n) is 8.80. The Balaban J connectivity index is 2.26. The van der Waals surface area contributed by atoms with E-state index in [9.17, 15) is 13.2 Å². The summed E-state index contributed by atoms with van der Waals surface area (Å²) >= 11 is 0. The van der Waals surface area contributed by atoms with Crippen molar-refractivity contribution in [1.82, 2.24) is 4.31 Å². The standard InChI is InChI=1S/C21H23NO4S/c1-18-11-13-20(14-12-18)27(24,25)22(16-7-6-10-21(23)26-2)17-15-19-8-4-3-5-9-19/h8,11-14H,3-5,7,9,16H2,1-2H3. The molecule has 1 aliphatic carbocycles. The molecule has 0 saturated heterocycles. The van der Waals surface area contributed by atoms with Crippen molar-refractivity contribution < 1.29 is 17.9 Å². The fraction of sp³-hybridized carbons (Fsp3) is 0.381. The van der Waals surface area contributed by atoms with Gasteiger partial charge in [-0.2, -0.15) is 0 Å². The average molecular weight is 385 g/mol. The Labute approximate surface area is 161 Å². The first-order chi connectivity index (χ1) is 12.9. The first kappa shape index (κ1) is 20.6. The lowest BCUT2D eigenvalue weighted by Crippen LogP contribution is -2.27. The number of carbonyl (C=O) groups is 1. The molecule has 0 aliphatic heterocycles. The van der Waals surface area contributed by atoms with Crippen LogP contribution in [-0.4, -0.2) is 32.3 Å². The van der Waals surface area contributed by atoms with Gasteiger partial charge in [-0.25, -0.2) is 17.5 Å². The number of ether oxygens (including phenoxy) is 1. The number of esters is 1. The molecule has 142 valence electrons. The van der Waals surface area contributed by atoms with Gasteiger partial charge in [-0.15, -0.1) is 0 Å². The van der Waals surface area contributed by atoms with Gasteiger partial charge in [0.25, 0.3) is 10.0 Å². The number of methoxy groups -OCH3 is 1. The third-order valence-electron chi connectivity index (χ3n) is 4.06. The molecule has 5 nitrogen and oxygen atoms in total. The van der Waals surface area contributed by atoms with Crippen LogP contribution in [0, 0.1) is 30.7 Å². The fourth-order valence-corrected chi connectivity index (χ4v) is 3.73. The molecular formula is C21H23NO4S. The summed E-state index contributed by atoms with van der Waals surface area (Å²) in [4.78, 5) is 11.3. The van der Waals surface area contributed by atoms with Gasteiger partial charge in [-0.05, 0) is 56.2 Å². The fourth-order valence-electron chi connectivity index (χ4n) is 2.50. The molecule has 0 saturated carbocycles. The van der Waals surface area contributed by atoms with Crippen molar-refractivity contribution in [2.45, 2.75) is 43.9 Å². The molecule has 0 fully saturated rings. The predicted octanol–water partition coefficient (Wildman–Crippen LogP) is 3.01. The number of carbonyl (C=O) groups excluding carboxylic acids is 1. The van der Waals surface area contributed by atoms with Crippen molar-refractivity contribution in [3.05, 3.63) is 41.5 Å². The molecule has 2 rings (SSSR count). The first-order valence-corrected chi connectivity index (χ1v) is 10.2. The van der Waals surface area contributed by atoms with Crippen LogP contribution in [0.5, 0.6) is 0 Å². The van der Waals surface area contributed by atoms with Crippen molar-refractivity contribution in [1.29, 1.82) is 0 Å². The lowest BCUT2D eigenvalue weighted by atomic mass is 10.0. The minimum Gasteiger partial charge on any atom is -0.459 e. The number of aryl methyl sites for hydroxylation is 1. The Morgan fingerprint density at radius 3 is 2.59 bits per heavy atom. The second-order valence-electron chi connectivity index (χ2n) is 6.15. The predicted molar refractivity (Wildman–Crippen MR) is 104 cm³/mol. The van der Waals surface area contributed by atoms with Crippen LogP contribution in [0.3, 0.4) is 0 Å². The number of allylic oxidation sites excluding steroid dienone is 2. The Morgan fingerprint density at radius 1 is 1.22 bits per heavy atom. The minimum atomic E-state index is -3.78. The van der Waals surface area contributed by atoms with E-state index in [1.807, 2.05) is 6.92 Å². The molecule has 1 aromatic rings. The van der Waals surface area contributed by atoms with Gasteiger partial charge in [-0.3, -0.25) is 0 Å². The number of hydrogen-bond acceptors (Lipinski definition) is 4. The third-order valence-corrected chi connectivity index (χ3v) is 5.78. The van der Waals surface area contributed by atoms with Gasteiger partial charge in [-0.1, -0.05) is 29.7 Å². The van der Waals surface area contributed by atoms with E-state index in [0.717, 1.165) is 41.1 Å². The van der Waals surface area contributed by atoms with E-state index in [1.165, 1.54) is 7.11 Å². The van der Waals surface area contributed by atoms with Gasteiger partial charge < -0.3 is 4.74 Å². The molecule has 0 aromatic heterocycles. The van der Waals surface area contributed by atoms with E-state index in [4.69, 9.17) is 0 Å². The van der Waals surface area contributed by atoms with E-state index in [0.29, 0.717) is 0 Å². The monoisotopic (exact) mass is 385 g/mol. The molecule has 6 heteroatoms. The SMILES string of the molecule is COC(=O)C#CCCN(C#CC1=CCCCC1)S(=O)(=O)c1ccc(C)cc1. The molecule has 0 spiro atoms. The van der Waals surface area contributed by atoms with Crippen LogP contribution in [0.25, 0.3) is 0 Å². The lowest BCUT2D eigenvalue weighted by molar-refractivity contribution is -0.133. The molecule has 0 radical (unpaired) electrons. The van der Waals surface area contributed by atoms with Crippen LogP contribution in [0.15, 0.2) is 40.8 Å². The summed E-state index contributed by atoms with van der Waals surface area (Å²) < 4.78 is 31.5. The van der Waals surface area contributed by atoms with E-state index in [-0.39, 0.29) is 17.9 Å². The van der Waals surface area contributed by atoms with Crippen molar-refractivity contribution in [3.8, 4) is 23.8 Å². The molecule has 1 aliphatic rings. The molecule has 27 heavy (non-hydrogen) atoms. The zero-order valence-electron chi connectivity index (χ0n) is 15.6. The maximum absolute atomic E-state index is 13.0. The van der Waals surface area contributed by atoms with Gasteiger partial charge in [0, 0.05) is 18.4 Å². The van der Waals surface area contributed by atoms with Crippen LogP contribution in [0.1, 0.15) is 37.7 Å². The van der Waals surface area contributed by atoms with Gasteiger partial charge in [0.1, 0.15) is 0 Å². The van der Waals surface area contributed by atoms with Crippen LogP contribution in [0.2, 0.25) is 0 Å². The van der Waals surface area contributed by atoms with Gasteiger partial charge >= 0.3 is 5.97 Å². The van der Waals surface area contributed by atoms with E-state index >= 15 is 0 Å². The summed E-state index contributed by atoms with van der Waals surface area (Å²) in [7, 11) is -2.53. The normalized spacial score (nSPS) is 13.3. The Hall–Kier alpha value is -2.70. The highest BCUT2D eigenvalue weighted by Gasteiger charge is 2.21.